The second-order valence-corrected chi connectivity index (χ2v) is 5.89. The van der Waals surface area contributed by atoms with Crippen LogP contribution in [0.4, 0.5) is 10.5 Å². The van der Waals surface area contributed by atoms with E-state index in [2.05, 4.69) is 22.5 Å². The third kappa shape index (κ3) is 3.92. The Morgan fingerprint density at radius 2 is 2.09 bits per heavy atom. The lowest BCUT2D eigenvalue weighted by atomic mass is 10.0. The first kappa shape index (κ1) is 15.6. The molecule has 1 aromatic rings. The van der Waals surface area contributed by atoms with Crippen LogP contribution in [-0.4, -0.2) is 42.8 Å². The highest BCUT2D eigenvalue weighted by atomic mass is 16.7. The number of anilines is 1. The fourth-order valence-electron chi connectivity index (χ4n) is 2.88. The summed E-state index contributed by atoms with van der Waals surface area (Å²) in [5.41, 5.74) is 0.547. The van der Waals surface area contributed by atoms with Gasteiger partial charge in [-0.1, -0.05) is 6.42 Å². The number of fused-ring (bicyclic) bond motifs is 1. The van der Waals surface area contributed by atoms with Gasteiger partial charge in [-0.3, -0.25) is 15.0 Å². The molecule has 2 aliphatic rings. The van der Waals surface area contributed by atoms with E-state index in [1.807, 2.05) is 0 Å². The van der Waals surface area contributed by atoms with Gasteiger partial charge in [0.1, 0.15) is 0 Å². The number of nitrogens with zero attached hydrogens (tertiary/aromatic N) is 1. The van der Waals surface area contributed by atoms with Crippen molar-refractivity contribution in [2.24, 2.45) is 0 Å². The summed E-state index contributed by atoms with van der Waals surface area (Å²) in [7, 11) is 0. The van der Waals surface area contributed by atoms with Crippen LogP contribution in [0.3, 0.4) is 0 Å². The first-order chi connectivity index (χ1) is 11.1. The number of urea groups is 1. The minimum Gasteiger partial charge on any atom is -0.454 e. The summed E-state index contributed by atoms with van der Waals surface area (Å²) in [6.45, 7) is 3.44. The van der Waals surface area contributed by atoms with Crippen molar-refractivity contribution in [3.05, 3.63) is 18.2 Å². The minimum atomic E-state index is -0.543. The average Bonchev–Trinajstić information content (AvgIpc) is 2.97. The van der Waals surface area contributed by atoms with Crippen molar-refractivity contribution >= 4 is 17.6 Å². The van der Waals surface area contributed by atoms with Crippen LogP contribution in [0, 0.1) is 0 Å². The maximum absolute atomic E-state index is 12.0. The summed E-state index contributed by atoms with van der Waals surface area (Å²) >= 11 is 0. The van der Waals surface area contributed by atoms with Gasteiger partial charge in [0.2, 0.25) is 12.7 Å². The molecule has 0 spiro atoms. The average molecular weight is 319 g/mol. The summed E-state index contributed by atoms with van der Waals surface area (Å²) in [6, 6.07) is 4.92. The lowest BCUT2D eigenvalue weighted by Gasteiger charge is -2.32. The zero-order valence-electron chi connectivity index (χ0n) is 13.1. The molecule has 7 heteroatoms. The van der Waals surface area contributed by atoms with E-state index in [0.717, 1.165) is 19.4 Å². The number of benzene rings is 1. The number of nitrogens with one attached hydrogen (secondary N) is 2. The highest BCUT2D eigenvalue weighted by Gasteiger charge is 2.21. The van der Waals surface area contributed by atoms with E-state index >= 15 is 0 Å². The predicted molar refractivity (Wildman–Crippen MR) is 84.6 cm³/mol. The molecule has 1 saturated heterocycles. The molecule has 2 aliphatic heterocycles. The Hall–Kier alpha value is -2.28. The van der Waals surface area contributed by atoms with Gasteiger partial charge in [0.15, 0.2) is 11.5 Å². The molecule has 2 N–H and O–H groups in total. The standard InChI is InChI=1S/C16H21N3O4/c1-11-4-2-3-7-19(11)9-15(20)18-16(21)17-12-5-6-13-14(8-12)23-10-22-13/h5-6,8,11H,2-4,7,9-10H2,1H3,(H2,17,18,20,21)/t11-/m1/s1. The molecule has 1 aromatic carbocycles. The summed E-state index contributed by atoms with van der Waals surface area (Å²) in [6.07, 6.45) is 3.39. The Balaban J connectivity index is 1.49. The lowest BCUT2D eigenvalue weighted by molar-refractivity contribution is -0.121. The van der Waals surface area contributed by atoms with E-state index in [4.69, 9.17) is 9.47 Å². The number of hydrogen-bond acceptors (Lipinski definition) is 5. The van der Waals surface area contributed by atoms with Crippen molar-refractivity contribution in [1.82, 2.24) is 10.2 Å². The fourth-order valence-corrected chi connectivity index (χ4v) is 2.88. The second-order valence-electron chi connectivity index (χ2n) is 5.89. The third-order valence-electron chi connectivity index (χ3n) is 4.17. The van der Waals surface area contributed by atoms with Gasteiger partial charge in [0.05, 0.1) is 6.54 Å². The molecule has 7 nitrogen and oxygen atoms in total. The Kier molecular flexibility index (Phi) is 4.66. The summed E-state index contributed by atoms with van der Waals surface area (Å²) < 4.78 is 10.5. The van der Waals surface area contributed by atoms with Gasteiger partial charge in [-0.25, -0.2) is 4.79 Å². The lowest BCUT2D eigenvalue weighted by Crippen LogP contribution is -2.46. The van der Waals surface area contributed by atoms with E-state index in [0.29, 0.717) is 23.2 Å². The van der Waals surface area contributed by atoms with Crippen molar-refractivity contribution in [3.63, 3.8) is 0 Å². The Morgan fingerprint density at radius 1 is 1.26 bits per heavy atom. The normalized spacial score (nSPS) is 20.1. The monoisotopic (exact) mass is 319 g/mol. The Morgan fingerprint density at radius 3 is 2.91 bits per heavy atom. The van der Waals surface area contributed by atoms with Gasteiger partial charge in [-0.15, -0.1) is 0 Å². The van der Waals surface area contributed by atoms with Gasteiger partial charge in [-0.2, -0.15) is 0 Å². The van der Waals surface area contributed by atoms with Crippen molar-refractivity contribution in [2.45, 2.75) is 32.2 Å². The number of piperidine rings is 1. The van der Waals surface area contributed by atoms with E-state index in [1.54, 1.807) is 18.2 Å². The number of ether oxygens (including phenoxy) is 2. The molecule has 124 valence electrons. The van der Waals surface area contributed by atoms with Crippen LogP contribution >= 0.6 is 0 Å². The molecule has 0 radical (unpaired) electrons. The van der Waals surface area contributed by atoms with E-state index in [-0.39, 0.29) is 19.2 Å². The molecule has 2 heterocycles. The van der Waals surface area contributed by atoms with E-state index in [9.17, 15) is 9.59 Å². The Labute approximate surface area is 134 Å². The Bertz CT molecular complexity index is 605. The number of hydrogen-bond donors (Lipinski definition) is 2. The van der Waals surface area contributed by atoms with Gasteiger partial charge in [-0.05, 0) is 38.4 Å². The molecule has 23 heavy (non-hydrogen) atoms. The first-order valence-corrected chi connectivity index (χ1v) is 7.86. The van der Waals surface area contributed by atoms with Gasteiger partial charge in [0.25, 0.3) is 0 Å². The van der Waals surface area contributed by atoms with Gasteiger partial charge in [0, 0.05) is 17.8 Å². The third-order valence-corrected chi connectivity index (χ3v) is 4.17. The number of likely N-dealkylation sites (tertiary alicyclic amines) is 1. The molecule has 0 unspecified atom stereocenters. The van der Waals surface area contributed by atoms with E-state index in [1.165, 1.54) is 6.42 Å². The zero-order valence-corrected chi connectivity index (χ0v) is 13.1. The number of rotatable bonds is 3. The number of imide groups is 1. The summed E-state index contributed by atoms with van der Waals surface area (Å²) in [4.78, 5) is 26.0. The molecular weight excluding hydrogens is 298 g/mol. The van der Waals surface area contributed by atoms with E-state index < -0.39 is 6.03 Å². The smallest absolute Gasteiger partial charge is 0.325 e. The number of carbonyl (C=O) groups excluding carboxylic acids is 2. The molecule has 1 fully saturated rings. The van der Waals surface area contributed by atoms with Crippen LogP contribution in [0.2, 0.25) is 0 Å². The summed E-state index contributed by atoms with van der Waals surface area (Å²) in [5.74, 6) is 0.930. The van der Waals surface area contributed by atoms with Crippen LogP contribution < -0.4 is 20.1 Å². The number of carbonyl (C=O) groups is 2. The first-order valence-electron chi connectivity index (χ1n) is 7.86. The summed E-state index contributed by atoms with van der Waals surface area (Å²) in [5, 5.41) is 4.99. The molecule has 1 atom stereocenters. The van der Waals surface area contributed by atoms with Gasteiger partial charge >= 0.3 is 6.03 Å². The van der Waals surface area contributed by atoms with Crippen LogP contribution in [0.15, 0.2) is 18.2 Å². The molecule has 3 amide bonds. The molecule has 0 bridgehead atoms. The topological polar surface area (TPSA) is 79.9 Å². The largest absolute Gasteiger partial charge is 0.454 e. The van der Waals surface area contributed by atoms with Crippen molar-refractivity contribution in [1.29, 1.82) is 0 Å². The van der Waals surface area contributed by atoms with Gasteiger partial charge < -0.3 is 14.8 Å². The van der Waals surface area contributed by atoms with Crippen molar-refractivity contribution in [2.75, 3.05) is 25.2 Å². The molecule has 0 aromatic heterocycles. The van der Waals surface area contributed by atoms with Crippen LogP contribution in [-0.2, 0) is 4.79 Å². The molecule has 0 aliphatic carbocycles. The molecular formula is C16H21N3O4. The molecule has 3 rings (SSSR count). The van der Waals surface area contributed by atoms with Crippen molar-refractivity contribution in [3.8, 4) is 11.5 Å². The SMILES string of the molecule is C[C@@H]1CCCCN1CC(=O)NC(=O)Nc1ccc2c(c1)OCO2. The predicted octanol–water partition coefficient (Wildman–Crippen LogP) is 1.94. The molecule has 0 saturated carbocycles. The van der Waals surface area contributed by atoms with Crippen LogP contribution in [0.1, 0.15) is 26.2 Å². The zero-order chi connectivity index (χ0) is 16.2. The van der Waals surface area contributed by atoms with Crippen LogP contribution in [0.25, 0.3) is 0 Å². The quantitative estimate of drug-likeness (QED) is 0.890. The van der Waals surface area contributed by atoms with Crippen molar-refractivity contribution < 1.29 is 19.1 Å². The minimum absolute atomic E-state index is 0.178. The maximum atomic E-state index is 12.0. The number of amides is 3. The highest BCUT2D eigenvalue weighted by Crippen LogP contribution is 2.34. The van der Waals surface area contributed by atoms with Crippen LogP contribution in [0.5, 0.6) is 11.5 Å². The fraction of sp³-hybridized carbons (Fsp3) is 0.500. The highest BCUT2D eigenvalue weighted by molar-refractivity contribution is 6.01. The maximum Gasteiger partial charge on any atom is 0.325 e. The second kappa shape index (κ2) is 6.87.